The van der Waals surface area contributed by atoms with Crippen molar-refractivity contribution in [3.05, 3.63) is 35.4 Å². The van der Waals surface area contributed by atoms with E-state index in [1.165, 1.54) is 18.2 Å². The molecular weight excluding hydrogens is 288 g/mol. The summed E-state index contributed by atoms with van der Waals surface area (Å²) in [5.41, 5.74) is -0.886. The zero-order valence-electron chi connectivity index (χ0n) is 13.8. The highest BCUT2D eigenvalue weighted by Crippen LogP contribution is 2.14. The smallest absolute Gasteiger partial charge is 0.292 e. The summed E-state index contributed by atoms with van der Waals surface area (Å²) in [6, 6.07) is 5.91. The topological polar surface area (TPSA) is 71.1 Å². The lowest BCUT2D eigenvalue weighted by Crippen LogP contribution is -2.23. The standard InChI is InChI=1S/C16H22O6/c1-15(2,3)21-19-13(17)11-8-7-9-12(10-11)14(18)20-22-16(4,5)6/h7-10H,1-6H3. The van der Waals surface area contributed by atoms with Gasteiger partial charge in [-0.3, -0.25) is 9.78 Å². The van der Waals surface area contributed by atoms with E-state index < -0.39 is 23.1 Å². The lowest BCUT2D eigenvalue weighted by molar-refractivity contribution is -0.301. The van der Waals surface area contributed by atoms with E-state index in [4.69, 9.17) is 19.6 Å². The predicted molar refractivity (Wildman–Crippen MR) is 78.9 cm³/mol. The van der Waals surface area contributed by atoms with Gasteiger partial charge in [0.05, 0.1) is 11.1 Å². The molecule has 1 aromatic carbocycles. The summed E-state index contributed by atoms with van der Waals surface area (Å²) in [5, 5.41) is 0. The van der Waals surface area contributed by atoms with E-state index in [0.717, 1.165) is 0 Å². The Kier molecular flexibility index (Phi) is 5.68. The molecule has 6 nitrogen and oxygen atoms in total. The summed E-state index contributed by atoms with van der Waals surface area (Å²) in [7, 11) is 0. The van der Waals surface area contributed by atoms with Crippen molar-refractivity contribution in [2.75, 3.05) is 0 Å². The molecule has 0 fully saturated rings. The van der Waals surface area contributed by atoms with Crippen molar-refractivity contribution in [1.29, 1.82) is 0 Å². The molecule has 0 spiro atoms. The Bertz CT molecular complexity index is 491. The minimum Gasteiger partial charge on any atom is -0.292 e. The van der Waals surface area contributed by atoms with Gasteiger partial charge in [0, 0.05) is 0 Å². The molecule has 0 amide bonds. The molecule has 1 aromatic rings. The van der Waals surface area contributed by atoms with Crippen LogP contribution in [0.5, 0.6) is 0 Å². The van der Waals surface area contributed by atoms with Gasteiger partial charge in [-0.2, -0.15) is 9.78 Å². The molecule has 0 aliphatic heterocycles. The van der Waals surface area contributed by atoms with E-state index in [2.05, 4.69) is 0 Å². The van der Waals surface area contributed by atoms with Crippen molar-refractivity contribution in [3.8, 4) is 0 Å². The summed E-state index contributed by atoms with van der Waals surface area (Å²) in [6.07, 6.45) is 0. The summed E-state index contributed by atoms with van der Waals surface area (Å²) < 4.78 is 0. The first kappa shape index (κ1) is 18.1. The third kappa shape index (κ3) is 6.69. The van der Waals surface area contributed by atoms with Crippen LogP contribution in [0.25, 0.3) is 0 Å². The number of carbonyl (C=O) groups is 2. The fraction of sp³-hybridized carbons (Fsp3) is 0.500. The Balaban J connectivity index is 2.73. The zero-order chi connectivity index (χ0) is 17.0. The van der Waals surface area contributed by atoms with Crippen molar-refractivity contribution in [3.63, 3.8) is 0 Å². The first-order valence-electron chi connectivity index (χ1n) is 6.88. The molecule has 0 aliphatic rings. The maximum atomic E-state index is 11.9. The molecule has 0 N–H and O–H groups in total. The number of rotatable bonds is 4. The molecule has 0 heterocycles. The minimum absolute atomic E-state index is 0.175. The molecule has 0 radical (unpaired) electrons. The minimum atomic E-state index is -0.693. The van der Waals surface area contributed by atoms with Crippen LogP contribution in [0, 0.1) is 0 Å². The van der Waals surface area contributed by atoms with Gasteiger partial charge in [0.1, 0.15) is 11.2 Å². The third-order valence-electron chi connectivity index (χ3n) is 2.07. The van der Waals surface area contributed by atoms with Crippen LogP contribution in [0.2, 0.25) is 0 Å². The Labute approximate surface area is 130 Å². The van der Waals surface area contributed by atoms with Crippen LogP contribution in [0.15, 0.2) is 24.3 Å². The molecule has 0 aromatic heterocycles. The van der Waals surface area contributed by atoms with Crippen LogP contribution in [0.3, 0.4) is 0 Å². The number of carbonyl (C=O) groups excluding carboxylic acids is 2. The van der Waals surface area contributed by atoms with Gasteiger partial charge >= 0.3 is 11.9 Å². The van der Waals surface area contributed by atoms with E-state index in [1.54, 1.807) is 47.6 Å². The normalized spacial score (nSPS) is 11.9. The number of hydrogen-bond donors (Lipinski definition) is 0. The Hall–Kier alpha value is -1.92. The van der Waals surface area contributed by atoms with Crippen LogP contribution in [-0.4, -0.2) is 23.1 Å². The van der Waals surface area contributed by atoms with Crippen molar-refractivity contribution in [2.45, 2.75) is 52.7 Å². The summed E-state index contributed by atoms with van der Waals surface area (Å²) >= 11 is 0. The lowest BCUT2D eigenvalue weighted by atomic mass is 10.1. The van der Waals surface area contributed by atoms with Gasteiger partial charge < -0.3 is 0 Å². The molecule has 1 rings (SSSR count). The highest BCUT2D eigenvalue weighted by Gasteiger charge is 2.20. The fourth-order valence-electron chi connectivity index (χ4n) is 1.20. The van der Waals surface area contributed by atoms with Crippen molar-refractivity contribution < 1.29 is 29.1 Å². The predicted octanol–water partition coefficient (Wildman–Crippen LogP) is 3.46. The van der Waals surface area contributed by atoms with Crippen LogP contribution < -0.4 is 0 Å². The van der Waals surface area contributed by atoms with Gasteiger partial charge in [-0.15, -0.1) is 0 Å². The van der Waals surface area contributed by atoms with E-state index in [9.17, 15) is 9.59 Å². The number of hydrogen-bond acceptors (Lipinski definition) is 6. The van der Waals surface area contributed by atoms with Gasteiger partial charge in [0.2, 0.25) is 0 Å². The second-order valence-electron chi connectivity index (χ2n) is 6.71. The van der Waals surface area contributed by atoms with E-state index in [0.29, 0.717) is 0 Å². The second kappa shape index (κ2) is 6.89. The molecule has 22 heavy (non-hydrogen) atoms. The molecule has 0 saturated heterocycles. The largest absolute Gasteiger partial charge is 0.373 e. The van der Waals surface area contributed by atoms with Gasteiger partial charge in [0.15, 0.2) is 0 Å². The average molecular weight is 310 g/mol. The van der Waals surface area contributed by atoms with Crippen molar-refractivity contribution in [2.24, 2.45) is 0 Å². The molecule has 122 valence electrons. The molecule has 0 unspecified atom stereocenters. The highest BCUT2D eigenvalue weighted by molar-refractivity contribution is 5.94. The summed E-state index contributed by atoms with van der Waals surface area (Å²) in [6.45, 7) is 10.5. The van der Waals surface area contributed by atoms with Crippen LogP contribution >= 0.6 is 0 Å². The number of benzene rings is 1. The first-order chi connectivity index (χ1) is 9.98. The molecule has 0 bridgehead atoms. The maximum absolute atomic E-state index is 11.9. The summed E-state index contributed by atoms with van der Waals surface area (Å²) in [5.74, 6) is -1.39. The monoisotopic (exact) mass is 310 g/mol. The highest BCUT2D eigenvalue weighted by atomic mass is 17.2. The molecule has 6 heteroatoms. The third-order valence-corrected chi connectivity index (χ3v) is 2.07. The zero-order valence-corrected chi connectivity index (χ0v) is 13.8. The lowest BCUT2D eigenvalue weighted by Gasteiger charge is -2.17. The van der Waals surface area contributed by atoms with Crippen LogP contribution in [0.4, 0.5) is 0 Å². The van der Waals surface area contributed by atoms with E-state index >= 15 is 0 Å². The van der Waals surface area contributed by atoms with Crippen LogP contribution in [-0.2, 0) is 19.6 Å². The molecule has 0 atom stereocenters. The molecule has 0 saturated carbocycles. The van der Waals surface area contributed by atoms with Gasteiger partial charge in [0.25, 0.3) is 0 Å². The Morgan fingerprint density at radius 1 is 0.773 bits per heavy atom. The molecule has 0 aliphatic carbocycles. The Morgan fingerprint density at radius 2 is 1.14 bits per heavy atom. The van der Waals surface area contributed by atoms with E-state index in [-0.39, 0.29) is 11.1 Å². The van der Waals surface area contributed by atoms with Gasteiger partial charge in [-0.05, 0) is 59.7 Å². The average Bonchev–Trinajstić information content (AvgIpc) is 2.40. The van der Waals surface area contributed by atoms with Gasteiger partial charge in [-0.25, -0.2) is 9.59 Å². The molecular formula is C16H22O6. The van der Waals surface area contributed by atoms with E-state index in [1.807, 2.05) is 0 Å². The van der Waals surface area contributed by atoms with Crippen molar-refractivity contribution >= 4 is 11.9 Å². The van der Waals surface area contributed by atoms with Crippen molar-refractivity contribution in [1.82, 2.24) is 0 Å². The second-order valence-corrected chi connectivity index (χ2v) is 6.71. The SMILES string of the molecule is CC(C)(C)OOC(=O)c1cccc(C(=O)OOC(C)(C)C)c1. The Morgan fingerprint density at radius 3 is 1.45 bits per heavy atom. The van der Waals surface area contributed by atoms with Gasteiger partial charge in [-0.1, -0.05) is 6.07 Å². The quantitative estimate of drug-likeness (QED) is 0.626. The fourth-order valence-corrected chi connectivity index (χ4v) is 1.20. The first-order valence-corrected chi connectivity index (χ1v) is 6.88. The maximum Gasteiger partial charge on any atom is 0.373 e. The summed E-state index contributed by atoms with van der Waals surface area (Å²) in [4.78, 5) is 43.0. The van der Waals surface area contributed by atoms with Crippen LogP contribution in [0.1, 0.15) is 62.3 Å².